The van der Waals surface area contributed by atoms with Crippen molar-refractivity contribution in [2.24, 2.45) is 5.92 Å². The third-order valence-corrected chi connectivity index (χ3v) is 5.75. The topological polar surface area (TPSA) is 29.1 Å². The highest BCUT2D eigenvalue weighted by molar-refractivity contribution is 7.84. The van der Waals surface area contributed by atoms with Crippen molar-refractivity contribution in [3.8, 4) is 0 Å². The third kappa shape index (κ3) is 4.71. The molecule has 0 saturated heterocycles. The maximum absolute atomic E-state index is 12.4. The number of aryl methyl sites for hydroxylation is 1. The first-order valence-electron chi connectivity index (χ1n) is 7.77. The summed E-state index contributed by atoms with van der Waals surface area (Å²) in [5.41, 5.74) is 2.44. The fourth-order valence-electron chi connectivity index (χ4n) is 3.24. The molecule has 1 aliphatic rings. The van der Waals surface area contributed by atoms with Crippen molar-refractivity contribution in [1.29, 1.82) is 0 Å². The summed E-state index contributed by atoms with van der Waals surface area (Å²) in [5, 5.41) is 3.41. The van der Waals surface area contributed by atoms with Crippen LogP contribution in [0.25, 0.3) is 0 Å². The van der Waals surface area contributed by atoms with Gasteiger partial charge in [-0.1, -0.05) is 49.1 Å². The minimum absolute atomic E-state index is 0.418. The molecule has 1 aliphatic carbocycles. The average molecular weight is 293 g/mol. The van der Waals surface area contributed by atoms with Gasteiger partial charge in [0.2, 0.25) is 0 Å². The summed E-state index contributed by atoms with van der Waals surface area (Å²) < 4.78 is 12.4. The average Bonchev–Trinajstić information content (AvgIpc) is 2.45. The molecule has 1 saturated carbocycles. The van der Waals surface area contributed by atoms with Crippen LogP contribution in [-0.4, -0.2) is 23.1 Å². The first-order valence-corrected chi connectivity index (χ1v) is 9.25. The van der Waals surface area contributed by atoms with Crippen LogP contribution in [0.1, 0.15) is 43.2 Å². The van der Waals surface area contributed by atoms with Gasteiger partial charge in [-0.25, -0.2) is 0 Å². The zero-order valence-electron chi connectivity index (χ0n) is 12.7. The maximum Gasteiger partial charge on any atom is 0.0486 e. The Bertz CT molecular complexity index is 440. The molecule has 1 N–H and O–H groups in total. The maximum atomic E-state index is 12.4. The highest BCUT2D eigenvalue weighted by atomic mass is 32.2. The normalized spacial score (nSPS) is 19.7. The van der Waals surface area contributed by atoms with Crippen LogP contribution in [0.15, 0.2) is 24.3 Å². The Morgan fingerprint density at radius 2 is 2.05 bits per heavy atom. The van der Waals surface area contributed by atoms with Crippen LogP contribution in [0, 0.1) is 12.8 Å². The standard InChI is InChI=1S/C17H27NOS/c1-14-7-6-8-15(11-14)12-20(19)13-17(18-2)16-9-4-3-5-10-16/h6-8,11,16-18H,3-5,9-10,12-13H2,1-2H3. The third-order valence-electron chi connectivity index (χ3n) is 4.37. The molecular formula is C17H27NOS. The van der Waals surface area contributed by atoms with E-state index in [1.807, 2.05) is 7.05 Å². The fourth-order valence-corrected chi connectivity index (χ4v) is 4.75. The molecule has 3 heteroatoms. The minimum Gasteiger partial charge on any atom is -0.316 e. The summed E-state index contributed by atoms with van der Waals surface area (Å²) in [7, 11) is 1.24. The second-order valence-electron chi connectivity index (χ2n) is 6.03. The summed E-state index contributed by atoms with van der Waals surface area (Å²) in [5.74, 6) is 2.19. The first-order chi connectivity index (χ1) is 9.69. The van der Waals surface area contributed by atoms with Crippen molar-refractivity contribution in [3.63, 3.8) is 0 Å². The van der Waals surface area contributed by atoms with Gasteiger partial charge in [0.25, 0.3) is 0 Å². The van der Waals surface area contributed by atoms with Crippen molar-refractivity contribution in [3.05, 3.63) is 35.4 Å². The molecule has 0 heterocycles. The highest BCUT2D eigenvalue weighted by Gasteiger charge is 2.23. The van der Waals surface area contributed by atoms with Gasteiger partial charge in [0.1, 0.15) is 0 Å². The zero-order valence-corrected chi connectivity index (χ0v) is 13.5. The second kappa shape index (κ2) is 7.94. The van der Waals surface area contributed by atoms with E-state index in [-0.39, 0.29) is 0 Å². The van der Waals surface area contributed by atoms with Gasteiger partial charge >= 0.3 is 0 Å². The molecule has 2 rings (SSSR count). The number of nitrogens with one attached hydrogen (secondary N) is 1. The number of rotatable bonds is 6. The quantitative estimate of drug-likeness (QED) is 0.871. The monoisotopic (exact) mass is 293 g/mol. The Kier molecular flexibility index (Phi) is 6.24. The van der Waals surface area contributed by atoms with Gasteiger partial charge < -0.3 is 5.32 Å². The number of hydrogen-bond donors (Lipinski definition) is 1. The fraction of sp³-hybridized carbons (Fsp3) is 0.647. The highest BCUT2D eigenvalue weighted by Crippen LogP contribution is 2.27. The van der Waals surface area contributed by atoms with Gasteiger partial charge in [0.15, 0.2) is 0 Å². The van der Waals surface area contributed by atoms with Gasteiger partial charge in [-0.05, 0) is 38.3 Å². The molecule has 2 nitrogen and oxygen atoms in total. The smallest absolute Gasteiger partial charge is 0.0486 e. The molecule has 0 bridgehead atoms. The lowest BCUT2D eigenvalue weighted by atomic mass is 9.84. The first kappa shape index (κ1) is 15.7. The van der Waals surface area contributed by atoms with Gasteiger partial charge in [0.05, 0.1) is 0 Å². The summed E-state index contributed by atoms with van der Waals surface area (Å²) >= 11 is 0. The lowest BCUT2D eigenvalue weighted by Crippen LogP contribution is -2.39. The molecule has 20 heavy (non-hydrogen) atoms. The van der Waals surface area contributed by atoms with E-state index in [1.54, 1.807) is 0 Å². The van der Waals surface area contributed by atoms with Crippen molar-refractivity contribution in [2.45, 2.75) is 50.8 Å². The molecule has 0 aromatic heterocycles. The number of benzene rings is 1. The minimum atomic E-state index is -0.773. The molecule has 0 spiro atoms. The van der Waals surface area contributed by atoms with E-state index in [9.17, 15) is 4.21 Å². The van der Waals surface area contributed by atoms with Crippen LogP contribution >= 0.6 is 0 Å². The Balaban J connectivity index is 1.88. The van der Waals surface area contributed by atoms with Gasteiger partial charge in [-0.15, -0.1) is 0 Å². The van der Waals surface area contributed by atoms with Crippen molar-refractivity contribution >= 4 is 10.8 Å². The molecule has 1 aromatic rings. The Morgan fingerprint density at radius 1 is 1.30 bits per heavy atom. The summed E-state index contributed by atoms with van der Waals surface area (Å²) in [4.78, 5) is 0. The predicted octanol–water partition coefficient (Wildman–Crippen LogP) is 3.41. The van der Waals surface area contributed by atoms with Crippen LogP contribution < -0.4 is 5.32 Å². The van der Waals surface area contributed by atoms with Gasteiger partial charge in [-0.3, -0.25) is 4.21 Å². The van der Waals surface area contributed by atoms with E-state index in [4.69, 9.17) is 0 Å². The Hall–Kier alpha value is -0.670. The van der Waals surface area contributed by atoms with E-state index in [2.05, 4.69) is 36.5 Å². The van der Waals surface area contributed by atoms with Crippen molar-refractivity contribution < 1.29 is 4.21 Å². The summed E-state index contributed by atoms with van der Waals surface area (Å²) in [6.45, 7) is 2.09. The zero-order chi connectivity index (χ0) is 14.4. The van der Waals surface area contributed by atoms with E-state index in [1.165, 1.54) is 43.2 Å². The molecule has 1 aromatic carbocycles. The largest absolute Gasteiger partial charge is 0.316 e. The Labute approximate surface area is 125 Å². The second-order valence-corrected chi connectivity index (χ2v) is 7.53. The van der Waals surface area contributed by atoms with Crippen LogP contribution in [0.5, 0.6) is 0 Å². The molecule has 0 aliphatic heterocycles. The van der Waals surface area contributed by atoms with Crippen molar-refractivity contribution in [1.82, 2.24) is 5.32 Å². The molecule has 1 fully saturated rings. The van der Waals surface area contributed by atoms with Crippen LogP contribution in [0.4, 0.5) is 0 Å². The molecule has 112 valence electrons. The lowest BCUT2D eigenvalue weighted by Gasteiger charge is -2.29. The Morgan fingerprint density at radius 3 is 2.70 bits per heavy atom. The van der Waals surface area contributed by atoms with E-state index in [0.29, 0.717) is 11.8 Å². The van der Waals surface area contributed by atoms with E-state index in [0.717, 1.165) is 11.7 Å². The lowest BCUT2D eigenvalue weighted by molar-refractivity contribution is 0.294. The summed E-state index contributed by atoms with van der Waals surface area (Å²) in [6.07, 6.45) is 6.65. The predicted molar refractivity (Wildman–Crippen MR) is 87.3 cm³/mol. The van der Waals surface area contributed by atoms with E-state index < -0.39 is 10.8 Å². The molecular weight excluding hydrogens is 266 g/mol. The number of hydrogen-bond acceptors (Lipinski definition) is 2. The van der Waals surface area contributed by atoms with Crippen LogP contribution in [0.2, 0.25) is 0 Å². The molecule has 0 radical (unpaired) electrons. The van der Waals surface area contributed by atoms with Crippen LogP contribution in [-0.2, 0) is 16.6 Å². The SMILES string of the molecule is CNC(CS(=O)Cc1cccc(C)c1)C1CCCCC1. The van der Waals surface area contributed by atoms with Crippen LogP contribution in [0.3, 0.4) is 0 Å². The summed E-state index contributed by atoms with van der Waals surface area (Å²) in [6, 6.07) is 8.79. The van der Waals surface area contributed by atoms with Gasteiger partial charge in [0, 0.05) is 28.3 Å². The molecule has 0 amide bonds. The molecule has 2 unspecified atom stereocenters. The van der Waals surface area contributed by atoms with Gasteiger partial charge in [-0.2, -0.15) is 0 Å². The van der Waals surface area contributed by atoms with E-state index >= 15 is 0 Å². The van der Waals surface area contributed by atoms with Crippen molar-refractivity contribution in [2.75, 3.05) is 12.8 Å². The molecule has 2 atom stereocenters.